The molecule has 0 saturated heterocycles. The summed E-state index contributed by atoms with van der Waals surface area (Å²) in [5.41, 5.74) is 4.91. The van der Waals surface area contributed by atoms with Crippen molar-refractivity contribution in [2.24, 2.45) is 0 Å². The van der Waals surface area contributed by atoms with Gasteiger partial charge in [0.25, 0.3) is 0 Å². The summed E-state index contributed by atoms with van der Waals surface area (Å²) in [4.78, 5) is 0. The Morgan fingerprint density at radius 3 is 2.75 bits per heavy atom. The van der Waals surface area contributed by atoms with Crippen LogP contribution in [0.25, 0.3) is 0 Å². The molecule has 0 spiro atoms. The SMILES string of the molecule is CC(C)n1nc(Cc2ccc(F)cc2)c2c1CCNC2. The fourth-order valence-corrected chi connectivity index (χ4v) is 2.81. The molecule has 2 aromatic rings. The lowest BCUT2D eigenvalue weighted by Crippen LogP contribution is -2.25. The largest absolute Gasteiger partial charge is 0.312 e. The van der Waals surface area contributed by atoms with Crippen LogP contribution in [0, 0.1) is 5.82 Å². The number of hydrogen-bond acceptors (Lipinski definition) is 2. The Bertz CT molecular complexity index is 599. The molecule has 4 heteroatoms. The van der Waals surface area contributed by atoms with Gasteiger partial charge in [0, 0.05) is 43.2 Å². The van der Waals surface area contributed by atoms with Crippen molar-refractivity contribution in [1.29, 1.82) is 0 Å². The summed E-state index contributed by atoms with van der Waals surface area (Å²) in [7, 11) is 0. The maximum Gasteiger partial charge on any atom is 0.123 e. The molecule has 0 atom stereocenters. The topological polar surface area (TPSA) is 29.9 Å². The quantitative estimate of drug-likeness (QED) is 0.932. The molecule has 0 radical (unpaired) electrons. The van der Waals surface area contributed by atoms with Crippen LogP contribution in [0.5, 0.6) is 0 Å². The van der Waals surface area contributed by atoms with Crippen molar-refractivity contribution in [3.05, 3.63) is 52.6 Å². The maximum absolute atomic E-state index is 13.0. The standard InChI is InChI=1S/C16H20FN3/c1-11(2)20-16-7-8-18-10-14(16)15(19-20)9-12-3-5-13(17)6-4-12/h3-6,11,18H,7-10H2,1-2H3. The monoisotopic (exact) mass is 273 g/mol. The van der Waals surface area contributed by atoms with E-state index in [0.29, 0.717) is 6.04 Å². The summed E-state index contributed by atoms with van der Waals surface area (Å²) in [5, 5.41) is 8.21. The van der Waals surface area contributed by atoms with E-state index in [0.717, 1.165) is 37.2 Å². The van der Waals surface area contributed by atoms with Gasteiger partial charge in [0.2, 0.25) is 0 Å². The van der Waals surface area contributed by atoms with Gasteiger partial charge in [0.1, 0.15) is 5.82 Å². The van der Waals surface area contributed by atoms with Crippen LogP contribution in [-0.4, -0.2) is 16.3 Å². The number of hydrogen-bond donors (Lipinski definition) is 1. The minimum atomic E-state index is -0.190. The van der Waals surface area contributed by atoms with E-state index in [2.05, 4.69) is 23.8 Å². The highest BCUT2D eigenvalue weighted by Gasteiger charge is 2.21. The molecule has 1 aliphatic rings. The van der Waals surface area contributed by atoms with Crippen LogP contribution in [0.2, 0.25) is 0 Å². The minimum Gasteiger partial charge on any atom is -0.312 e. The molecular formula is C16H20FN3. The van der Waals surface area contributed by atoms with Crippen LogP contribution in [0.4, 0.5) is 4.39 Å². The van der Waals surface area contributed by atoms with E-state index in [1.54, 1.807) is 0 Å². The van der Waals surface area contributed by atoms with Crippen molar-refractivity contribution in [2.45, 2.75) is 39.3 Å². The Kier molecular flexibility index (Phi) is 3.57. The van der Waals surface area contributed by atoms with Crippen molar-refractivity contribution in [2.75, 3.05) is 6.54 Å². The fraction of sp³-hybridized carbons (Fsp3) is 0.438. The molecule has 0 bridgehead atoms. The molecule has 0 unspecified atom stereocenters. The first-order valence-corrected chi connectivity index (χ1v) is 7.19. The summed E-state index contributed by atoms with van der Waals surface area (Å²) in [6, 6.07) is 7.08. The number of rotatable bonds is 3. The molecule has 1 N–H and O–H groups in total. The van der Waals surface area contributed by atoms with Crippen LogP contribution in [0.15, 0.2) is 24.3 Å². The molecule has 20 heavy (non-hydrogen) atoms. The molecule has 0 saturated carbocycles. The maximum atomic E-state index is 13.0. The second-order valence-corrected chi connectivity index (χ2v) is 5.64. The highest BCUT2D eigenvalue weighted by Crippen LogP contribution is 2.23. The molecule has 0 amide bonds. The van der Waals surface area contributed by atoms with Gasteiger partial charge in [-0.3, -0.25) is 4.68 Å². The zero-order valence-electron chi connectivity index (χ0n) is 12.0. The van der Waals surface area contributed by atoms with Gasteiger partial charge in [-0.1, -0.05) is 12.1 Å². The number of aromatic nitrogens is 2. The summed E-state index contributed by atoms with van der Waals surface area (Å²) >= 11 is 0. The van der Waals surface area contributed by atoms with Gasteiger partial charge in [0.15, 0.2) is 0 Å². The zero-order chi connectivity index (χ0) is 14.1. The molecule has 1 aliphatic heterocycles. The second kappa shape index (κ2) is 5.37. The third-order valence-electron chi connectivity index (χ3n) is 3.82. The number of nitrogens with zero attached hydrogens (tertiary/aromatic N) is 2. The molecule has 3 nitrogen and oxygen atoms in total. The van der Waals surface area contributed by atoms with E-state index in [-0.39, 0.29) is 5.82 Å². The minimum absolute atomic E-state index is 0.190. The van der Waals surface area contributed by atoms with Gasteiger partial charge in [-0.15, -0.1) is 0 Å². The van der Waals surface area contributed by atoms with Gasteiger partial charge in [-0.25, -0.2) is 4.39 Å². The van der Waals surface area contributed by atoms with Gasteiger partial charge in [-0.2, -0.15) is 5.10 Å². The summed E-state index contributed by atoms with van der Waals surface area (Å²) in [5.74, 6) is -0.190. The van der Waals surface area contributed by atoms with Gasteiger partial charge in [0.05, 0.1) is 5.69 Å². The molecular weight excluding hydrogens is 253 g/mol. The summed E-state index contributed by atoms with van der Waals surface area (Å²) in [6.45, 7) is 6.23. The summed E-state index contributed by atoms with van der Waals surface area (Å²) < 4.78 is 15.1. The number of halogens is 1. The van der Waals surface area contributed by atoms with E-state index in [4.69, 9.17) is 5.10 Å². The zero-order valence-corrected chi connectivity index (χ0v) is 12.0. The first-order chi connectivity index (χ1) is 9.65. The van der Waals surface area contributed by atoms with E-state index >= 15 is 0 Å². The first-order valence-electron chi connectivity index (χ1n) is 7.19. The van der Waals surface area contributed by atoms with Crippen molar-refractivity contribution >= 4 is 0 Å². The Hall–Kier alpha value is -1.68. The van der Waals surface area contributed by atoms with Gasteiger partial charge >= 0.3 is 0 Å². The van der Waals surface area contributed by atoms with E-state index in [9.17, 15) is 4.39 Å². The average Bonchev–Trinajstić information content (AvgIpc) is 2.81. The predicted molar refractivity (Wildman–Crippen MR) is 77.2 cm³/mol. The Balaban J connectivity index is 1.95. The Morgan fingerprint density at radius 1 is 1.30 bits per heavy atom. The van der Waals surface area contributed by atoms with Crippen LogP contribution >= 0.6 is 0 Å². The Morgan fingerprint density at radius 2 is 2.05 bits per heavy atom. The highest BCUT2D eigenvalue weighted by atomic mass is 19.1. The molecule has 0 fully saturated rings. The molecule has 106 valence electrons. The number of benzene rings is 1. The van der Waals surface area contributed by atoms with Gasteiger partial charge < -0.3 is 5.32 Å². The molecule has 3 rings (SSSR count). The molecule has 1 aromatic heterocycles. The molecule has 1 aromatic carbocycles. The lowest BCUT2D eigenvalue weighted by molar-refractivity contribution is 0.492. The molecule has 0 aliphatic carbocycles. The normalized spacial score (nSPS) is 14.6. The highest BCUT2D eigenvalue weighted by molar-refractivity contribution is 5.33. The molecule has 2 heterocycles. The lowest BCUT2D eigenvalue weighted by Gasteiger charge is -2.17. The van der Waals surface area contributed by atoms with Crippen LogP contribution < -0.4 is 5.32 Å². The number of fused-ring (bicyclic) bond motifs is 1. The Labute approximate surface area is 118 Å². The van der Waals surface area contributed by atoms with Crippen LogP contribution in [0.3, 0.4) is 0 Å². The van der Waals surface area contributed by atoms with Crippen molar-refractivity contribution in [1.82, 2.24) is 15.1 Å². The van der Waals surface area contributed by atoms with E-state index in [1.165, 1.54) is 23.4 Å². The number of nitrogens with one attached hydrogen (secondary N) is 1. The summed E-state index contributed by atoms with van der Waals surface area (Å²) in [6.07, 6.45) is 1.80. The van der Waals surface area contributed by atoms with Gasteiger partial charge in [-0.05, 0) is 31.5 Å². The predicted octanol–water partition coefficient (Wildman–Crippen LogP) is 2.84. The lowest BCUT2D eigenvalue weighted by atomic mass is 10.0. The van der Waals surface area contributed by atoms with Crippen molar-refractivity contribution in [3.63, 3.8) is 0 Å². The first kappa shape index (κ1) is 13.3. The third-order valence-corrected chi connectivity index (χ3v) is 3.82. The smallest absolute Gasteiger partial charge is 0.123 e. The van der Waals surface area contributed by atoms with Crippen LogP contribution in [-0.2, 0) is 19.4 Å². The van der Waals surface area contributed by atoms with Crippen molar-refractivity contribution < 1.29 is 4.39 Å². The average molecular weight is 273 g/mol. The second-order valence-electron chi connectivity index (χ2n) is 5.64. The van der Waals surface area contributed by atoms with Crippen LogP contribution in [0.1, 0.15) is 42.4 Å². The van der Waals surface area contributed by atoms with E-state index in [1.807, 2.05) is 12.1 Å². The van der Waals surface area contributed by atoms with Crippen molar-refractivity contribution in [3.8, 4) is 0 Å². The fourth-order valence-electron chi connectivity index (χ4n) is 2.81. The third kappa shape index (κ3) is 2.48. The van der Waals surface area contributed by atoms with E-state index < -0.39 is 0 Å².